The Morgan fingerprint density at radius 3 is 2.43 bits per heavy atom. The zero-order chi connectivity index (χ0) is 20.7. The first-order valence-corrected chi connectivity index (χ1v) is 10.1. The molecule has 8 heteroatoms. The first kappa shape index (κ1) is 18.4. The molecule has 2 aliphatic rings. The number of rotatable bonds is 4. The van der Waals surface area contributed by atoms with E-state index in [-0.39, 0.29) is 11.3 Å². The molecule has 5 rings (SSSR count). The Labute approximate surface area is 175 Å². The predicted molar refractivity (Wildman–Crippen MR) is 111 cm³/mol. The van der Waals surface area contributed by atoms with E-state index in [4.69, 9.17) is 9.47 Å². The van der Waals surface area contributed by atoms with Crippen molar-refractivity contribution in [1.29, 1.82) is 0 Å². The maximum absolute atomic E-state index is 13.3. The second-order valence-corrected chi connectivity index (χ2v) is 7.58. The number of benzene rings is 2. The SMILES string of the molecule is O=C1C(Nc2ccc3c(c2)OCCO3)=C(c2cccs2)C(=O)N1c1ccc(F)cc1. The van der Waals surface area contributed by atoms with Crippen molar-refractivity contribution in [2.75, 3.05) is 23.4 Å². The number of hydrogen-bond donors (Lipinski definition) is 1. The van der Waals surface area contributed by atoms with E-state index < -0.39 is 17.6 Å². The van der Waals surface area contributed by atoms with E-state index in [1.54, 1.807) is 24.3 Å². The monoisotopic (exact) mass is 422 g/mol. The van der Waals surface area contributed by atoms with Gasteiger partial charge in [0.25, 0.3) is 11.8 Å². The van der Waals surface area contributed by atoms with Crippen LogP contribution in [0.25, 0.3) is 5.57 Å². The Morgan fingerprint density at radius 1 is 0.933 bits per heavy atom. The van der Waals surface area contributed by atoms with E-state index in [2.05, 4.69) is 5.32 Å². The van der Waals surface area contributed by atoms with Gasteiger partial charge in [-0.15, -0.1) is 11.3 Å². The number of thiophene rings is 1. The summed E-state index contributed by atoms with van der Waals surface area (Å²) in [6, 6.07) is 14.1. The molecule has 0 saturated carbocycles. The quantitative estimate of drug-likeness (QED) is 0.643. The number of imide groups is 1. The smallest absolute Gasteiger partial charge is 0.282 e. The molecule has 6 nitrogen and oxygen atoms in total. The minimum absolute atomic E-state index is 0.156. The van der Waals surface area contributed by atoms with Crippen LogP contribution >= 0.6 is 11.3 Å². The fourth-order valence-corrected chi connectivity index (χ4v) is 4.15. The van der Waals surface area contributed by atoms with Gasteiger partial charge in [0.1, 0.15) is 24.7 Å². The molecule has 150 valence electrons. The number of carbonyl (C=O) groups is 2. The van der Waals surface area contributed by atoms with Crippen LogP contribution in [0.5, 0.6) is 11.5 Å². The highest BCUT2D eigenvalue weighted by Gasteiger charge is 2.40. The van der Waals surface area contributed by atoms with Crippen LogP contribution in [0.2, 0.25) is 0 Å². The van der Waals surface area contributed by atoms with Crippen molar-refractivity contribution in [3.8, 4) is 11.5 Å². The number of carbonyl (C=O) groups excluding carboxylic acids is 2. The molecule has 2 aromatic carbocycles. The molecule has 0 saturated heterocycles. The third-order valence-corrected chi connectivity index (χ3v) is 5.64. The van der Waals surface area contributed by atoms with Gasteiger partial charge in [0.15, 0.2) is 11.5 Å². The highest BCUT2D eigenvalue weighted by molar-refractivity contribution is 7.11. The van der Waals surface area contributed by atoms with Crippen LogP contribution in [-0.2, 0) is 9.59 Å². The summed E-state index contributed by atoms with van der Waals surface area (Å²) >= 11 is 1.36. The van der Waals surface area contributed by atoms with Gasteiger partial charge >= 0.3 is 0 Å². The lowest BCUT2D eigenvalue weighted by atomic mass is 10.1. The molecule has 30 heavy (non-hydrogen) atoms. The van der Waals surface area contributed by atoms with Gasteiger partial charge in [-0.1, -0.05) is 6.07 Å². The Hall–Kier alpha value is -3.65. The lowest BCUT2D eigenvalue weighted by Crippen LogP contribution is -2.32. The van der Waals surface area contributed by atoms with Gasteiger partial charge in [-0.25, -0.2) is 9.29 Å². The summed E-state index contributed by atoms with van der Waals surface area (Å²) in [4.78, 5) is 28.2. The Bertz CT molecular complexity index is 1170. The van der Waals surface area contributed by atoms with Crippen molar-refractivity contribution in [3.05, 3.63) is 76.4 Å². The van der Waals surface area contributed by atoms with Crippen molar-refractivity contribution in [1.82, 2.24) is 0 Å². The molecular weight excluding hydrogens is 407 g/mol. The van der Waals surface area contributed by atoms with Gasteiger partial charge in [0.05, 0.1) is 11.3 Å². The maximum atomic E-state index is 13.3. The second-order valence-electron chi connectivity index (χ2n) is 6.63. The maximum Gasteiger partial charge on any atom is 0.282 e. The number of amides is 2. The van der Waals surface area contributed by atoms with Gasteiger partial charge in [0.2, 0.25) is 0 Å². The van der Waals surface area contributed by atoms with E-state index in [0.717, 1.165) is 4.90 Å². The standard InChI is InChI=1S/C22H15FN2O4S/c23-13-3-6-15(7-4-13)25-21(26)19(18-2-1-11-30-18)20(22(25)27)24-14-5-8-16-17(12-14)29-10-9-28-16/h1-8,11-12,24H,9-10H2. The fraction of sp³-hybridized carbons (Fsp3) is 0.0909. The van der Waals surface area contributed by atoms with E-state index >= 15 is 0 Å². The zero-order valence-corrected chi connectivity index (χ0v) is 16.4. The molecule has 3 heterocycles. The van der Waals surface area contributed by atoms with Crippen molar-refractivity contribution >= 4 is 40.1 Å². The van der Waals surface area contributed by atoms with Crippen molar-refractivity contribution in [3.63, 3.8) is 0 Å². The summed E-state index contributed by atoms with van der Waals surface area (Å²) in [6.45, 7) is 0.919. The normalized spacial score (nSPS) is 15.7. The molecule has 2 aliphatic heterocycles. The van der Waals surface area contributed by atoms with Gasteiger partial charge in [-0.05, 0) is 47.8 Å². The van der Waals surface area contributed by atoms with Gasteiger partial charge in [-0.3, -0.25) is 9.59 Å². The zero-order valence-electron chi connectivity index (χ0n) is 15.6. The highest BCUT2D eigenvalue weighted by Crippen LogP contribution is 2.37. The topological polar surface area (TPSA) is 67.9 Å². The molecule has 0 fully saturated rings. The number of nitrogens with one attached hydrogen (secondary N) is 1. The van der Waals surface area contributed by atoms with Crippen molar-refractivity contribution < 1.29 is 23.5 Å². The third kappa shape index (κ3) is 3.11. The summed E-state index contributed by atoms with van der Waals surface area (Å²) < 4.78 is 24.5. The summed E-state index contributed by atoms with van der Waals surface area (Å²) in [6.07, 6.45) is 0. The van der Waals surface area contributed by atoms with Crippen molar-refractivity contribution in [2.24, 2.45) is 0 Å². The van der Waals surface area contributed by atoms with Crippen LogP contribution < -0.4 is 19.7 Å². The molecule has 1 aromatic heterocycles. The second kappa shape index (κ2) is 7.31. The van der Waals surface area contributed by atoms with Crippen molar-refractivity contribution in [2.45, 2.75) is 0 Å². The largest absolute Gasteiger partial charge is 0.486 e. The molecule has 0 bridgehead atoms. The van der Waals surface area contributed by atoms with Gasteiger partial charge in [0, 0.05) is 16.6 Å². The average molecular weight is 422 g/mol. The van der Waals surface area contributed by atoms with E-state index in [0.29, 0.717) is 41.0 Å². The number of halogens is 1. The Morgan fingerprint density at radius 2 is 1.70 bits per heavy atom. The van der Waals surface area contributed by atoms with E-state index in [9.17, 15) is 14.0 Å². The van der Waals surface area contributed by atoms with Crippen LogP contribution in [0.4, 0.5) is 15.8 Å². The van der Waals surface area contributed by atoms with Gasteiger partial charge in [-0.2, -0.15) is 0 Å². The summed E-state index contributed by atoms with van der Waals surface area (Å²) in [5.74, 6) is -0.226. The number of nitrogens with zero attached hydrogens (tertiary/aromatic N) is 1. The number of ether oxygens (including phenoxy) is 2. The Balaban J connectivity index is 1.55. The Kier molecular flexibility index (Phi) is 4.48. The first-order chi connectivity index (χ1) is 14.6. The molecule has 0 unspecified atom stereocenters. The molecule has 1 N–H and O–H groups in total. The molecule has 0 radical (unpaired) electrons. The minimum atomic E-state index is -0.509. The van der Waals surface area contributed by atoms with Crippen LogP contribution in [0.15, 0.2) is 65.7 Å². The molecule has 0 atom stereocenters. The van der Waals surface area contributed by atoms with E-state index in [1.807, 2.05) is 11.4 Å². The average Bonchev–Trinajstić information content (AvgIpc) is 3.36. The molecule has 2 amide bonds. The molecule has 3 aromatic rings. The summed E-state index contributed by atoms with van der Waals surface area (Å²) in [5, 5.41) is 4.92. The minimum Gasteiger partial charge on any atom is -0.486 e. The molecule has 0 spiro atoms. The fourth-order valence-electron chi connectivity index (χ4n) is 3.39. The number of anilines is 2. The highest BCUT2D eigenvalue weighted by atomic mass is 32.1. The van der Waals surface area contributed by atoms with Crippen LogP contribution in [0, 0.1) is 5.82 Å². The molecule has 0 aliphatic carbocycles. The van der Waals surface area contributed by atoms with Crippen LogP contribution in [0.3, 0.4) is 0 Å². The number of hydrogen-bond acceptors (Lipinski definition) is 6. The lowest BCUT2D eigenvalue weighted by molar-refractivity contribution is -0.120. The molecular formula is C22H15FN2O4S. The van der Waals surface area contributed by atoms with Crippen LogP contribution in [0.1, 0.15) is 4.88 Å². The van der Waals surface area contributed by atoms with E-state index in [1.165, 1.54) is 35.6 Å². The van der Waals surface area contributed by atoms with Gasteiger partial charge < -0.3 is 14.8 Å². The predicted octanol–water partition coefficient (Wildman–Crippen LogP) is 4.06. The lowest BCUT2D eigenvalue weighted by Gasteiger charge is -2.19. The summed E-state index contributed by atoms with van der Waals surface area (Å²) in [5.41, 5.74) is 1.32. The summed E-state index contributed by atoms with van der Waals surface area (Å²) in [7, 11) is 0. The number of fused-ring (bicyclic) bond motifs is 1. The first-order valence-electron chi connectivity index (χ1n) is 9.21. The van der Waals surface area contributed by atoms with Crippen LogP contribution in [-0.4, -0.2) is 25.0 Å². The third-order valence-electron chi connectivity index (χ3n) is 4.75.